The van der Waals surface area contributed by atoms with Crippen molar-refractivity contribution in [1.29, 1.82) is 0 Å². The van der Waals surface area contributed by atoms with Crippen molar-refractivity contribution in [2.45, 2.75) is 19.4 Å². The van der Waals surface area contributed by atoms with Crippen molar-refractivity contribution in [3.8, 4) is 0 Å². The molecule has 0 fully saturated rings. The number of carbonyl (C=O) groups excluding carboxylic acids is 2. The Kier molecular flexibility index (Phi) is 4.50. The first-order chi connectivity index (χ1) is 5.97. The summed E-state index contributed by atoms with van der Waals surface area (Å²) in [5.74, 6) is -2.57. The van der Waals surface area contributed by atoms with E-state index in [2.05, 4.69) is 10.1 Å². The van der Waals surface area contributed by atoms with Gasteiger partial charge in [-0.1, -0.05) is 0 Å². The number of hydrogen-bond donors (Lipinski definition) is 2. The number of carbonyl (C=O) groups is 3. The fourth-order valence-corrected chi connectivity index (χ4v) is 0.666. The topological polar surface area (TPSA) is 92.7 Å². The van der Waals surface area contributed by atoms with Gasteiger partial charge in [-0.25, -0.2) is 4.79 Å². The average Bonchev–Trinajstić information content (AvgIpc) is 2.01. The number of rotatable bonds is 4. The normalized spacial score (nSPS) is 11.5. The molecule has 0 aliphatic carbocycles. The smallest absolute Gasteiger partial charge is 0.328 e. The van der Waals surface area contributed by atoms with Gasteiger partial charge in [-0.3, -0.25) is 9.59 Å². The fraction of sp³-hybridized carbons (Fsp3) is 0.571. The van der Waals surface area contributed by atoms with Crippen LogP contribution in [-0.2, 0) is 19.1 Å². The number of hydrogen-bond acceptors (Lipinski definition) is 4. The van der Waals surface area contributed by atoms with Gasteiger partial charge in [0.15, 0.2) is 0 Å². The zero-order valence-electron chi connectivity index (χ0n) is 7.36. The second-order valence-corrected chi connectivity index (χ2v) is 2.38. The molecule has 0 bridgehead atoms. The Morgan fingerprint density at radius 1 is 1.46 bits per heavy atom. The molecule has 13 heavy (non-hydrogen) atoms. The summed E-state index contributed by atoms with van der Waals surface area (Å²) in [6, 6.07) is -0.822. The molecule has 2 N–H and O–H groups in total. The molecule has 1 atom stereocenters. The number of methoxy groups -OCH3 is 1. The van der Waals surface area contributed by atoms with Gasteiger partial charge in [-0.05, 0) is 6.92 Å². The highest BCUT2D eigenvalue weighted by Crippen LogP contribution is 1.88. The van der Waals surface area contributed by atoms with Gasteiger partial charge in [0.05, 0.1) is 7.11 Å². The fourth-order valence-electron chi connectivity index (χ4n) is 0.666. The van der Waals surface area contributed by atoms with Crippen molar-refractivity contribution in [3.63, 3.8) is 0 Å². The maximum atomic E-state index is 10.8. The van der Waals surface area contributed by atoms with Crippen LogP contribution in [0.3, 0.4) is 0 Å². The Balaban J connectivity index is 3.91. The van der Waals surface area contributed by atoms with Gasteiger partial charge in [-0.15, -0.1) is 0 Å². The number of esters is 1. The number of carboxylic acid groups (broad SMARTS) is 1. The van der Waals surface area contributed by atoms with Crippen LogP contribution in [0.2, 0.25) is 0 Å². The first-order valence-electron chi connectivity index (χ1n) is 3.56. The summed E-state index contributed by atoms with van der Waals surface area (Å²) in [6.45, 7) is 1.41. The van der Waals surface area contributed by atoms with Crippen LogP contribution in [-0.4, -0.2) is 36.1 Å². The molecule has 0 aliphatic heterocycles. The minimum absolute atomic E-state index is 0.612. The third-order valence-electron chi connectivity index (χ3n) is 1.24. The van der Waals surface area contributed by atoms with E-state index in [-0.39, 0.29) is 0 Å². The van der Waals surface area contributed by atoms with Gasteiger partial charge >= 0.3 is 11.9 Å². The van der Waals surface area contributed by atoms with Crippen LogP contribution in [0.25, 0.3) is 0 Å². The quantitative estimate of drug-likeness (QED) is 0.443. The standard InChI is InChI=1S/C7H11NO5/c1-4(7(12)13-2)8-5(9)3-6(10)11/h4H,3H2,1-2H3,(H,8,9)(H,10,11). The third-order valence-corrected chi connectivity index (χ3v) is 1.24. The Morgan fingerprint density at radius 3 is 2.38 bits per heavy atom. The number of carboxylic acids is 1. The lowest BCUT2D eigenvalue weighted by molar-refractivity contribution is -0.146. The van der Waals surface area contributed by atoms with Crippen molar-refractivity contribution in [2.75, 3.05) is 7.11 Å². The molecular formula is C7H11NO5. The van der Waals surface area contributed by atoms with E-state index in [1.807, 2.05) is 0 Å². The zero-order chi connectivity index (χ0) is 10.4. The number of nitrogens with one attached hydrogen (secondary N) is 1. The SMILES string of the molecule is COC(=O)C(C)NC(=O)CC(=O)O. The van der Waals surface area contributed by atoms with E-state index >= 15 is 0 Å². The van der Waals surface area contributed by atoms with Crippen molar-refractivity contribution in [2.24, 2.45) is 0 Å². The third kappa shape index (κ3) is 4.78. The van der Waals surface area contributed by atoms with Crippen LogP contribution in [0.5, 0.6) is 0 Å². The van der Waals surface area contributed by atoms with Gasteiger partial charge in [0.25, 0.3) is 0 Å². The van der Waals surface area contributed by atoms with E-state index in [0.29, 0.717) is 0 Å². The first-order valence-corrected chi connectivity index (χ1v) is 3.56. The Morgan fingerprint density at radius 2 is 2.00 bits per heavy atom. The van der Waals surface area contributed by atoms with Crippen LogP contribution >= 0.6 is 0 Å². The van der Waals surface area contributed by atoms with Gasteiger partial charge in [-0.2, -0.15) is 0 Å². The molecule has 1 amide bonds. The minimum Gasteiger partial charge on any atom is -0.481 e. The molecule has 0 heterocycles. The van der Waals surface area contributed by atoms with Crippen LogP contribution < -0.4 is 5.32 Å². The molecular weight excluding hydrogens is 178 g/mol. The molecule has 0 aromatic heterocycles. The molecule has 0 aromatic carbocycles. The van der Waals surface area contributed by atoms with E-state index < -0.39 is 30.3 Å². The van der Waals surface area contributed by atoms with Gasteiger partial charge in [0, 0.05) is 0 Å². The minimum atomic E-state index is -1.24. The highest BCUT2D eigenvalue weighted by atomic mass is 16.5. The van der Waals surface area contributed by atoms with E-state index in [1.165, 1.54) is 14.0 Å². The van der Waals surface area contributed by atoms with E-state index in [9.17, 15) is 14.4 Å². The van der Waals surface area contributed by atoms with Crippen LogP contribution in [0.15, 0.2) is 0 Å². The van der Waals surface area contributed by atoms with Crippen LogP contribution in [0.1, 0.15) is 13.3 Å². The molecule has 0 saturated carbocycles. The molecule has 1 unspecified atom stereocenters. The lowest BCUT2D eigenvalue weighted by Crippen LogP contribution is -2.39. The highest BCUT2D eigenvalue weighted by molar-refractivity contribution is 5.95. The molecule has 0 aromatic rings. The second kappa shape index (κ2) is 5.13. The highest BCUT2D eigenvalue weighted by Gasteiger charge is 2.16. The Hall–Kier alpha value is -1.59. The molecule has 0 aliphatic rings. The van der Waals surface area contributed by atoms with E-state index in [4.69, 9.17) is 5.11 Å². The Bertz CT molecular complexity index is 225. The maximum Gasteiger partial charge on any atom is 0.328 e. The zero-order valence-corrected chi connectivity index (χ0v) is 7.36. The van der Waals surface area contributed by atoms with Gasteiger partial charge in [0.2, 0.25) is 5.91 Å². The molecule has 6 heteroatoms. The monoisotopic (exact) mass is 189 g/mol. The summed E-state index contributed by atoms with van der Waals surface area (Å²) in [5.41, 5.74) is 0. The first kappa shape index (κ1) is 11.4. The predicted molar refractivity (Wildman–Crippen MR) is 41.9 cm³/mol. The predicted octanol–water partition coefficient (Wildman–Crippen LogP) is -0.861. The van der Waals surface area contributed by atoms with Gasteiger partial charge < -0.3 is 15.2 Å². The molecule has 0 saturated heterocycles. The molecule has 6 nitrogen and oxygen atoms in total. The van der Waals surface area contributed by atoms with Crippen molar-refractivity contribution in [1.82, 2.24) is 5.32 Å². The van der Waals surface area contributed by atoms with E-state index in [1.54, 1.807) is 0 Å². The lowest BCUT2D eigenvalue weighted by atomic mass is 10.3. The van der Waals surface area contributed by atoms with E-state index in [0.717, 1.165) is 0 Å². The lowest BCUT2D eigenvalue weighted by Gasteiger charge is -2.09. The number of aliphatic carboxylic acids is 1. The average molecular weight is 189 g/mol. The van der Waals surface area contributed by atoms with Gasteiger partial charge in [0.1, 0.15) is 12.5 Å². The summed E-state index contributed by atoms with van der Waals surface area (Å²) >= 11 is 0. The molecule has 0 rings (SSSR count). The molecule has 0 radical (unpaired) electrons. The summed E-state index contributed by atoms with van der Waals surface area (Å²) < 4.78 is 4.32. The summed E-state index contributed by atoms with van der Waals surface area (Å²) in [7, 11) is 1.18. The van der Waals surface area contributed by atoms with Crippen LogP contribution in [0.4, 0.5) is 0 Å². The van der Waals surface area contributed by atoms with Crippen molar-refractivity contribution >= 4 is 17.8 Å². The summed E-state index contributed by atoms with van der Waals surface area (Å²) in [4.78, 5) is 31.6. The molecule has 74 valence electrons. The van der Waals surface area contributed by atoms with Crippen LogP contribution in [0, 0.1) is 0 Å². The summed E-state index contributed by atoms with van der Waals surface area (Å²) in [5, 5.41) is 10.4. The number of amides is 1. The Labute approximate surface area is 74.9 Å². The van der Waals surface area contributed by atoms with Crippen molar-refractivity contribution in [3.05, 3.63) is 0 Å². The summed E-state index contributed by atoms with van der Waals surface area (Å²) in [6.07, 6.45) is -0.651. The molecule has 0 spiro atoms. The largest absolute Gasteiger partial charge is 0.481 e. The number of ether oxygens (including phenoxy) is 1. The second-order valence-electron chi connectivity index (χ2n) is 2.38. The van der Waals surface area contributed by atoms with Crippen molar-refractivity contribution < 1.29 is 24.2 Å². The maximum absolute atomic E-state index is 10.8.